The van der Waals surface area contributed by atoms with E-state index >= 15 is 0 Å². The summed E-state index contributed by atoms with van der Waals surface area (Å²) in [4.78, 5) is 3.74. The highest BCUT2D eigenvalue weighted by Crippen LogP contribution is 2.23. The number of halogens is 2. The summed E-state index contributed by atoms with van der Waals surface area (Å²) in [6.07, 6.45) is 0. The van der Waals surface area contributed by atoms with Gasteiger partial charge in [0.1, 0.15) is 6.54 Å². The molecule has 0 atom stereocenters. The first kappa shape index (κ1) is 16.8. The lowest BCUT2D eigenvalue weighted by Crippen LogP contribution is -3.13. The molecule has 0 radical (unpaired) electrons. The van der Waals surface area contributed by atoms with E-state index in [9.17, 15) is 0 Å². The van der Waals surface area contributed by atoms with Crippen molar-refractivity contribution < 1.29 is 4.90 Å². The fraction of sp³-hybridized carbons (Fsp3) is 0.533. The molecule has 1 aromatic rings. The highest BCUT2D eigenvalue weighted by Gasteiger charge is 2.23. The van der Waals surface area contributed by atoms with Gasteiger partial charge in [0.15, 0.2) is 5.11 Å². The topological polar surface area (TPSA) is 19.7 Å². The minimum absolute atomic E-state index is 0.379. The average Bonchev–Trinajstić information content (AvgIpc) is 2.43. The van der Waals surface area contributed by atoms with Crippen molar-refractivity contribution >= 4 is 40.5 Å². The molecular formula is C15H22Cl2N3S+. The Morgan fingerprint density at radius 3 is 2.38 bits per heavy atom. The first-order valence-electron chi connectivity index (χ1n) is 7.29. The van der Waals surface area contributed by atoms with Crippen molar-refractivity contribution in [1.82, 2.24) is 10.2 Å². The van der Waals surface area contributed by atoms with Crippen molar-refractivity contribution in [3.05, 3.63) is 33.8 Å². The van der Waals surface area contributed by atoms with E-state index in [4.69, 9.17) is 35.4 Å². The van der Waals surface area contributed by atoms with E-state index in [0.717, 1.165) is 53.4 Å². The highest BCUT2D eigenvalue weighted by molar-refractivity contribution is 7.80. The van der Waals surface area contributed by atoms with Gasteiger partial charge >= 0.3 is 0 Å². The van der Waals surface area contributed by atoms with Crippen LogP contribution in [-0.4, -0.2) is 42.2 Å². The summed E-state index contributed by atoms with van der Waals surface area (Å²) in [6, 6.07) is 6.07. The van der Waals surface area contributed by atoms with Gasteiger partial charge in [-0.2, -0.15) is 0 Å². The Labute approximate surface area is 142 Å². The number of nitrogens with one attached hydrogen (secondary N) is 2. The van der Waals surface area contributed by atoms with Crippen LogP contribution in [0.15, 0.2) is 18.2 Å². The van der Waals surface area contributed by atoms with Crippen LogP contribution in [-0.2, 0) is 6.54 Å². The molecule has 6 heteroatoms. The number of piperazine rings is 1. The third-order valence-corrected chi connectivity index (χ3v) is 4.74. The van der Waals surface area contributed by atoms with E-state index in [2.05, 4.69) is 24.1 Å². The normalized spacial score (nSPS) is 16.3. The zero-order valence-corrected chi connectivity index (χ0v) is 14.8. The first-order chi connectivity index (χ1) is 9.97. The zero-order valence-electron chi connectivity index (χ0n) is 12.5. The summed E-state index contributed by atoms with van der Waals surface area (Å²) in [5.74, 6) is 0. The van der Waals surface area contributed by atoms with Gasteiger partial charge in [-0.05, 0) is 38.2 Å². The summed E-state index contributed by atoms with van der Waals surface area (Å²) in [6.45, 7) is 9.10. The molecule has 21 heavy (non-hydrogen) atoms. The molecule has 0 bridgehead atoms. The van der Waals surface area contributed by atoms with Crippen molar-refractivity contribution in [2.45, 2.75) is 26.4 Å². The maximum absolute atomic E-state index is 6.25. The molecule has 1 saturated heterocycles. The lowest BCUT2D eigenvalue weighted by Gasteiger charge is -2.34. The highest BCUT2D eigenvalue weighted by atomic mass is 35.5. The monoisotopic (exact) mass is 346 g/mol. The summed E-state index contributed by atoms with van der Waals surface area (Å²) < 4.78 is 0. The molecule has 116 valence electrons. The predicted molar refractivity (Wildman–Crippen MR) is 93.3 cm³/mol. The third-order valence-electron chi connectivity index (χ3n) is 3.66. The van der Waals surface area contributed by atoms with E-state index < -0.39 is 0 Å². The number of hydrogen-bond acceptors (Lipinski definition) is 1. The van der Waals surface area contributed by atoms with Crippen LogP contribution in [0, 0.1) is 0 Å². The molecule has 0 amide bonds. The van der Waals surface area contributed by atoms with Crippen LogP contribution in [0.25, 0.3) is 0 Å². The Balaban J connectivity index is 1.88. The second-order valence-corrected chi connectivity index (χ2v) is 6.92. The summed E-state index contributed by atoms with van der Waals surface area (Å²) >= 11 is 17.9. The molecule has 1 fully saturated rings. The molecule has 1 aromatic carbocycles. The van der Waals surface area contributed by atoms with Crippen molar-refractivity contribution in [1.29, 1.82) is 0 Å². The van der Waals surface area contributed by atoms with Crippen LogP contribution in [0.1, 0.15) is 19.4 Å². The number of rotatable bonds is 3. The standard InChI is InChI=1S/C15H21Cl2N3S/c1-11(2)18-15(21)20-8-6-19(7-9-20)10-12-13(16)4-3-5-14(12)17/h3-5,11H,6-10H2,1-2H3,(H,18,21)/p+1. The van der Waals surface area contributed by atoms with Gasteiger partial charge in [-0.1, -0.05) is 29.3 Å². The number of hydrogen-bond donors (Lipinski definition) is 2. The maximum atomic E-state index is 6.25. The largest absolute Gasteiger partial charge is 0.360 e. The molecule has 0 aliphatic carbocycles. The first-order valence-corrected chi connectivity index (χ1v) is 8.45. The molecule has 1 aliphatic rings. The van der Waals surface area contributed by atoms with Gasteiger partial charge in [-0.3, -0.25) is 0 Å². The second-order valence-electron chi connectivity index (χ2n) is 5.72. The fourth-order valence-electron chi connectivity index (χ4n) is 2.49. The van der Waals surface area contributed by atoms with E-state index in [-0.39, 0.29) is 0 Å². The molecule has 0 unspecified atom stereocenters. The van der Waals surface area contributed by atoms with Crippen molar-refractivity contribution in [2.24, 2.45) is 0 Å². The van der Waals surface area contributed by atoms with Crippen LogP contribution in [0.2, 0.25) is 10.0 Å². The van der Waals surface area contributed by atoms with Crippen LogP contribution in [0.4, 0.5) is 0 Å². The number of thiocarbonyl (C=S) groups is 1. The molecule has 0 spiro atoms. The lowest BCUT2D eigenvalue weighted by molar-refractivity contribution is -0.917. The van der Waals surface area contributed by atoms with Crippen LogP contribution < -0.4 is 10.2 Å². The average molecular weight is 347 g/mol. The van der Waals surface area contributed by atoms with E-state index in [0.29, 0.717) is 6.04 Å². The van der Waals surface area contributed by atoms with E-state index in [1.165, 1.54) is 4.90 Å². The Morgan fingerprint density at radius 2 is 1.86 bits per heavy atom. The Hall–Kier alpha value is -0.550. The van der Waals surface area contributed by atoms with Crippen LogP contribution in [0.3, 0.4) is 0 Å². The minimum atomic E-state index is 0.379. The molecule has 3 nitrogen and oxygen atoms in total. The molecule has 2 N–H and O–H groups in total. The fourth-order valence-corrected chi connectivity index (χ4v) is 3.44. The van der Waals surface area contributed by atoms with Crippen molar-refractivity contribution in [2.75, 3.05) is 26.2 Å². The minimum Gasteiger partial charge on any atom is -0.360 e. The molecule has 0 aromatic heterocycles. The summed E-state index contributed by atoms with van der Waals surface area (Å²) in [7, 11) is 0. The molecule has 2 rings (SSSR count). The second kappa shape index (κ2) is 7.63. The number of nitrogens with zero attached hydrogens (tertiary/aromatic N) is 1. The number of quaternary nitrogens is 1. The maximum Gasteiger partial charge on any atom is 0.169 e. The Kier molecular flexibility index (Phi) is 6.11. The SMILES string of the molecule is CC(C)NC(=S)N1CC[NH+](Cc2c(Cl)cccc2Cl)CC1. The van der Waals surface area contributed by atoms with E-state index in [1.807, 2.05) is 18.2 Å². The predicted octanol–water partition coefficient (Wildman–Crippen LogP) is 1.98. The van der Waals surface area contributed by atoms with Gasteiger partial charge in [0.25, 0.3) is 0 Å². The lowest BCUT2D eigenvalue weighted by atomic mass is 10.2. The number of benzene rings is 1. The van der Waals surface area contributed by atoms with Crippen molar-refractivity contribution in [3.63, 3.8) is 0 Å². The van der Waals surface area contributed by atoms with Gasteiger partial charge in [0.2, 0.25) is 0 Å². The van der Waals surface area contributed by atoms with Crippen LogP contribution in [0.5, 0.6) is 0 Å². The van der Waals surface area contributed by atoms with Gasteiger partial charge in [-0.25, -0.2) is 0 Å². The molecule has 0 saturated carbocycles. The van der Waals surface area contributed by atoms with E-state index in [1.54, 1.807) is 0 Å². The quantitative estimate of drug-likeness (QED) is 0.816. The zero-order chi connectivity index (χ0) is 15.4. The van der Waals surface area contributed by atoms with Crippen LogP contribution >= 0.6 is 35.4 Å². The summed E-state index contributed by atoms with van der Waals surface area (Å²) in [5, 5.41) is 5.68. The molecule has 1 aliphatic heterocycles. The summed E-state index contributed by atoms with van der Waals surface area (Å²) in [5.41, 5.74) is 1.05. The van der Waals surface area contributed by atoms with Gasteiger partial charge < -0.3 is 15.1 Å². The van der Waals surface area contributed by atoms with Crippen molar-refractivity contribution in [3.8, 4) is 0 Å². The third kappa shape index (κ3) is 4.71. The van der Waals surface area contributed by atoms with Gasteiger partial charge in [0.05, 0.1) is 36.2 Å². The van der Waals surface area contributed by atoms with Gasteiger partial charge in [-0.15, -0.1) is 0 Å². The molecular weight excluding hydrogens is 325 g/mol. The smallest absolute Gasteiger partial charge is 0.169 e. The van der Waals surface area contributed by atoms with Gasteiger partial charge in [0, 0.05) is 11.6 Å². The molecule has 1 heterocycles. The Morgan fingerprint density at radius 1 is 1.29 bits per heavy atom. The Bertz CT molecular complexity index is 479.